The molecule has 27 heavy (non-hydrogen) atoms. The van der Waals surface area contributed by atoms with Gasteiger partial charge in [-0.3, -0.25) is 9.59 Å². The SMILES string of the molecule is O=C(/C=C/c1cc(Cl)c2c(c1)OCO2)Nc1ccc(NC(=O)C2CC2)cc1. The van der Waals surface area contributed by atoms with Crippen molar-refractivity contribution in [2.24, 2.45) is 5.92 Å². The molecule has 6 nitrogen and oxygen atoms in total. The van der Waals surface area contributed by atoms with Crippen LogP contribution < -0.4 is 20.1 Å². The van der Waals surface area contributed by atoms with Gasteiger partial charge in [-0.15, -0.1) is 0 Å². The van der Waals surface area contributed by atoms with Crippen LogP contribution in [0.3, 0.4) is 0 Å². The van der Waals surface area contributed by atoms with Crippen molar-refractivity contribution in [3.05, 3.63) is 53.1 Å². The van der Waals surface area contributed by atoms with Crippen LogP contribution in [-0.4, -0.2) is 18.6 Å². The number of rotatable bonds is 5. The molecule has 2 amide bonds. The van der Waals surface area contributed by atoms with Gasteiger partial charge < -0.3 is 20.1 Å². The van der Waals surface area contributed by atoms with Gasteiger partial charge in [0.2, 0.25) is 18.6 Å². The highest BCUT2D eigenvalue weighted by Crippen LogP contribution is 2.40. The third-order valence-corrected chi connectivity index (χ3v) is 4.53. The largest absolute Gasteiger partial charge is 0.454 e. The van der Waals surface area contributed by atoms with Gasteiger partial charge in [-0.25, -0.2) is 0 Å². The molecule has 2 aliphatic rings. The van der Waals surface area contributed by atoms with Gasteiger partial charge >= 0.3 is 0 Å². The van der Waals surface area contributed by atoms with Crippen LogP contribution in [0.1, 0.15) is 18.4 Å². The molecule has 1 aliphatic heterocycles. The lowest BCUT2D eigenvalue weighted by atomic mass is 10.2. The minimum Gasteiger partial charge on any atom is -0.454 e. The molecule has 138 valence electrons. The van der Waals surface area contributed by atoms with Crippen LogP contribution in [0.15, 0.2) is 42.5 Å². The lowest BCUT2D eigenvalue weighted by Gasteiger charge is -2.06. The molecule has 2 aromatic carbocycles. The normalized spacial score (nSPS) is 15.0. The summed E-state index contributed by atoms with van der Waals surface area (Å²) in [4.78, 5) is 23.8. The smallest absolute Gasteiger partial charge is 0.248 e. The van der Waals surface area contributed by atoms with E-state index in [1.54, 1.807) is 42.5 Å². The van der Waals surface area contributed by atoms with Gasteiger partial charge in [0.15, 0.2) is 11.5 Å². The second-order valence-electron chi connectivity index (χ2n) is 6.40. The number of hydrogen-bond donors (Lipinski definition) is 2. The van der Waals surface area contributed by atoms with Crippen LogP contribution >= 0.6 is 11.6 Å². The number of nitrogens with one attached hydrogen (secondary N) is 2. The first kappa shape index (κ1) is 17.4. The number of halogens is 1. The summed E-state index contributed by atoms with van der Waals surface area (Å²) in [6.45, 7) is 0.139. The maximum Gasteiger partial charge on any atom is 0.248 e. The van der Waals surface area contributed by atoms with Gasteiger partial charge in [-0.1, -0.05) is 11.6 Å². The highest BCUT2D eigenvalue weighted by atomic mass is 35.5. The van der Waals surface area contributed by atoms with E-state index in [9.17, 15) is 9.59 Å². The van der Waals surface area contributed by atoms with Crippen LogP contribution in [0, 0.1) is 5.92 Å². The number of ether oxygens (including phenoxy) is 2. The molecular weight excluding hydrogens is 368 g/mol. The summed E-state index contributed by atoms with van der Waals surface area (Å²) in [5, 5.41) is 6.06. The third-order valence-electron chi connectivity index (χ3n) is 4.24. The Kier molecular flexibility index (Phi) is 4.73. The Hall–Kier alpha value is -2.99. The molecule has 4 rings (SSSR count). The van der Waals surface area contributed by atoms with E-state index in [0.29, 0.717) is 22.2 Å². The number of carbonyl (C=O) groups is 2. The minimum absolute atomic E-state index is 0.0529. The molecule has 1 heterocycles. The summed E-state index contributed by atoms with van der Waals surface area (Å²) in [6.07, 6.45) is 4.98. The maximum absolute atomic E-state index is 12.1. The van der Waals surface area contributed by atoms with E-state index < -0.39 is 0 Å². The van der Waals surface area contributed by atoms with E-state index in [1.165, 1.54) is 6.08 Å². The summed E-state index contributed by atoms with van der Waals surface area (Å²) in [5.74, 6) is 1.01. The number of carbonyl (C=O) groups excluding carboxylic acids is 2. The molecule has 0 unspecified atom stereocenters. The van der Waals surface area contributed by atoms with Crippen molar-refractivity contribution in [1.82, 2.24) is 0 Å². The standard InChI is InChI=1S/C20H17ClN2O4/c21-16-9-12(10-17-19(16)27-11-26-17)1-8-18(24)22-14-4-6-15(7-5-14)23-20(25)13-2-3-13/h1,4-10,13H,2-3,11H2,(H,22,24)(H,23,25)/b8-1+. The fourth-order valence-corrected chi connectivity index (χ4v) is 2.94. The predicted octanol–water partition coefficient (Wildman–Crippen LogP) is 4.07. The van der Waals surface area contributed by atoms with Gasteiger partial charge in [-0.05, 0) is 60.9 Å². The Morgan fingerprint density at radius 2 is 1.74 bits per heavy atom. The summed E-state index contributed by atoms with van der Waals surface area (Å²) < 4.78 is 10.6. The third kappa shape index (κ3) is 4.23. The predicted molar refractivity (Wildman–Crippen MR) is 103 cm³/mol. The topological polar surface area (TPSA) is 76.7 Å². The highest BCUT2D eigenvalue weighted by molar-refractivity contribution is 6.32. The molecule has 1 aliphatic carbocycles. The Bertz CT molecular complexity index is 920. The molecule has 7 heteroatoms. The zero-order valence-electron chi connectivity index (χ0n) is 14.3. The summed E-state index contributed by atoms with van der Waals surface area (Å²) in [7, 11) is 0. The minimum atomic E-state index is -0.279. The van der Waals surface area contributed by atoms with Crippen molar-refractivity contribution < 1.29 is 19.1 Å². The number of benzene rings is 2. The fraction of sp³-hybridized carbons (Fsp3) is 0.200. The zero-order chi connectivity index (χ0) is 18.8. The quantitative estimate of drug-likeness (QED) is 0.762. The van der Waals surface area contributed by atoms with Gasteiger partial charge in [-0.2, -0.15) is 0 Å². The summed E-state index contributed by atoms with van der Waals surface area (Å²) in [6, 6.07) is 10.5. The summed E-state index contributed by atoms with van der Waals surface area (Å²) in [5.41, 5.74) is 2.09. The van der Waals surface area contributed by atoms with E-state index >= 15 is 0 Å². The van der Waals surface area contributed by atoms with Crippen LogP contribution in [-0.2, 0) is 9.59 Å². The molecule has 0 saturated heterocycles. The molecule has 0 radical (unpaired) electrons. The molecule has 0 bridgehead atoms. The van der Waals surface area contributed by atoms with E-state index in [-0.39, 0.29) is 24.5 Å². The number of hydrogen-bond acceptors (Lipinski definition) is 4. The van der Waals surface area contributed by atoms with Gasteiger partial charge in [0.05, 0.1) is 5.02 Å². The van der Waals surface area contributed by atoms with Crippen molar-refractivity contribution in [3.8, 4) is 11.5 Å². The van der Waals surface area contributed by atoms with Gasteiger partial charge in [0.25, 0.3) is 0 Å². The van der Waals surface area contributed by atoms with Gasteiger partial charge in [0, 0.05) is 23.4 Å². The Balaban J connectivity index is 1.35. The van der Waals surface area contributed by atoms with Gasteiger partial charge in [0.1, 0.15) is 0 Å². The van der Waals surface area contributed by atoms with E-state index in [1.807, 2.05) is 0 Å². The van der Waals surface area contributed by atoms with E-state index in [4.69, 9.17) is 21.1 Å². The first-order valence-corrected chi connectivity index (χ1v) is 8.95. The Labute approximate surface area is 161 Å². The lowest BCUT2D eigenvalue weighted by molar-refractivity contribution is -0.117. The number of amides is 2. The van der Waals surface area contributed by atoms with Crippen molar-refractivity contribution in [2.45, 2.75) is 12.8 Å². The van der Waals surface area contributed by atoms with Crippen LogP contribution in [0.5, 0.6) is 11.5 Å². The number of fused-ring (bicyclic) bond motifs is 1. The maximum atomic E-state index is 12.1. The molecule has 2 aromatic rings. The molecule has 0 atom stereocenters. The van der Waals surface area contributed by atoms with Crippen molar-refractivity contribution in [2.75, 3.05) is 17.4 Å². The van der Waals surface area contributed by atoms with Crippen LogP contribution in [0.4, 0.5) is 11.4 Å². The molecule has 1 fully saturated rings. The monoisotopic (exact) mass is 384 g/mol. The second-order valence-corrected chi connectivity index (χ2v) is 6.81. The van der Waals surface area contributed by atoms with Crippen LogP contribution in [0.2, 0.25) is 5.02 Å². The van der Waals surface area contributed by atoms with Crippen molar-refractivity contribution in [3.63, 3.8) is 0 Å². The fourth-order valence-electron chi connectivity index (χ4n) is 2.67. The lowest BCUT2D eigenvalue weighted by Crippen LogP contribution is -2.13. The Morgan fingerprint density at radius 1 is 1.04 bits per heavy atom. The van der Waals surface area contributed by atoms with E-state index in [2.05, 4.69) is 10.6 Å². The van der Waals surface area contributed by atoms with Crippen molar-refractivity contribution in [1.29, 1.82) is 0 Å². The average molecular weight is 385 g/mol. The Morgan fingerprint density at radius 3 is 2.44 bits per heavy atom. The first-order chi connectivity index (χ1) is 13.1. The molecule has 0 spiro atoms. The number of anilines is 2. The molecular formula is C20H17ClN2O4. The van der Waals surface area contributed by atoms with Crippen molar-refractivity contribution >= 4 is 40.9 Å². The second kappa shape index (κ2) is 7.32. The highest BCUT2D eigenvalue weighted by Gasteiger charge is 2.29. The first-order valence-electron chi connectivity index (χ1n) is 8.57. The average Bonchev–Trinajstić information content (AvgIpc) is 3.40. The molecule has 1 saturated carbocycles. The molecule has 2 N–H and O–H groups in total. The van der Waals surface area contributed by atoms with Crippen LogP contribution in [0.25, 0.3) is 6.08 Å². The molecule has 0 aromatic heterocycles. The zero-order valence-corrected chi connectivity index (χ0v) is 15.1. The summed E-state index contributed by atoms with van der Waals surface area (Å²) >= 11 is 6.12. The van der Waals surface area contributed by atoms with E-state index in [0.717, 1.165) is 24.1 Å².